The second-order valence-electron chi connectivity index (χ2n) is 9.91. The Morgan fingerprint density at radius 2 is 1.81 bits per heavy atom. The Labute approximate surface area is 261 Å². The van der Waals surface area contributed by atoms with Gasteiger partial charge < -0.3 is 4.42 Å². The van der Waals surface area contributed by atoms with E-state index in [0.29, 0.717) is 26.4 Å². The standard InChI is InChI=1S/C31H18BrCl2N3O4S/c32-18-8-5-17(6-9-18)29-21-11-7-16-3-1-2-4-20(16)28(21)35-31-36(29)30(38)27(42-31)13-19-10-12-26(41-19)22-14-24(34)25(37(39)40)15-23(22)33/h1-6,8-10,12-15,29H,7,11H2/b27-13-/t29-/m1/s1. The summed E-state index contributed by atoms with van der Waals surface area (Å²) in [5, 5.41) is 11.3. The number of aromatic nitrogens is 1. The summed E-state index contributed by atoms with van der Waals surface area (Å²) in [4.78, 5) is 30.2. The number of nitro benzene ring substituents is 1. The van der Waals surface area contributed by atoms with Crippen LogP contribution in [0.15, 0.2) is 97.0 Å². The maximum absolute atomic E-state index is 14.0. The van der Waals surface area contributed by atoms with Crippen LogP contribution >= 0.6 is 50.5 Å². The van der Waals surface area contributed by atoms with E-state index in [1.54, 1.807) is 22.8 Å². The summed E-state index contributed by atoms with van der Waals surface area (Å²) in [6.45, 7) is 0. The fraction of sp³-hybridized carbons (Fsp3) is 0.0968. The Bertz CT molecular complexity index is 2150. The summed E-state index contributed by atoms with van der Waals surface area (Å²) in [5.41, 5.74) is 5.39. The van der Waals surface area contributed by atoms with E-state index in [-0.39, 0.29) is 27.3 Å². The van der Waals surface area contributed by atoms with Crippen molar-refractivity contribution in [3.8, 4) is 11.3 Å². The molecule has 0 unspecified atom stereocenters. The normalized spacial score (nSPS) is 16.1. The minimum absolute atomic E-state index is 0.0517. The molecule has 0 saturated carbocycles. The molecule has 7 nitrogen and oxygen atoms in total. The number of nitro groups is 1. The first kappa shape index (κ1) is 27.1. The number of benzene rings is 3. The van der Waals surface area contributed by atoms with Gasteiger partial charge in [-0.1, -0.05) is 86.9 Å². The molecule has 2 aliphatic rings. The number of rotatable bonds is 4. The first-order valence-corrected chi connectivity index (χ1v) is 15.3. The highest BCUT2D eigenvalue weighted by Crippen LogP contribution is 2.41. The molecule has 2 aromatic heterocycles. The van der Waals surface area contributed by atoms with Crippen LogP contribution in [0.2, 0.25) is 10.0 Å². The fourth-order valence-electron chi connectivity index (χ4n) is 5.54. The van der Waals surface area contributed by atoms with E-state index in [2.05, 4.69) is 28.1 Å². The molecule has 3 aromatic carbocycles. The Kier molecular flexibility index (Phi) is 6.78. The third-order valence-corrected chi connectivity index (χ3v) is 9.58. The Hall–Kier alpha value is -3.76. The fourth-order valence-corrected chi connectivity index (χ4v) is 7.27. The molecule has 3 heterocycles. The number of hydrogen-bond donors (Lipinski definition) is 0. The zero-order chi connectivity index (χ0) is 29.1. The van der Waals surface area contributed by atoms with Crippen molar-refractivity contribution in [2.24, 2.45) is 4.99 Å². The summed E-state index contributed by atoms with van der Waals surface area (Å²) in [7, 11) is 0. The van der Waals surface area contributed by atoms with Crippen molar-refractivity contribution in [2.75, 3.05) is 0 Å². The van der Waals surface area contributed by atoms with Crippen molar-refractivity contribution in [1.82, 2.24) is 4.57 Å². The van der Waals surface area contributed by atoms with Gasteiger partial charge in [-0.2, -0.15) is 0 Å². The topological polar surface area (TPSA) is 90.6 Å². The van der Waals surface area contributed by atoms with Crippen molar-refractivity contribution < 1.29 is 9.34 Å². The van der Waals surface area contributed by atoms with E-state index < -0.39 is 4.92 Å². The zero-order valence-corrected chi connectivity index (χ0v) is 25.4. The highest BCUT2D eigenvalue weighted by atomic mass is 79.9. The predicted molar refractivity (Wildman–Crippen MR) is 168 cm³/mol. The molecule has 42 heavy (non-hydrogen) atoms. The molecule has 0 spiro atoms. The summed E-state index contributed by atoms with van der Waals surface area (Å²) in [5.74, 6) is 0.797. The van der Waals surface area contributed by atoms with E-state index in [1.807, 2.05) is 36.4 Å². The molecule has 208 valence electrons. The molecule has 0 radical (unpaired) electrons. The zero-order valence-electron chi connectivity index (χ0n) is 21.5. The van der Waals surface area contributed by atoms with Gasteiger partial charge >= 0.3 is 0 Å². The number of furan rings is 1. The van der Waals surface area contributed by atoms with Crippen molar-refractivity contribution in [3.63, 3.8) is 0 Å². The van der Waals surface area contributed by atoms with Crippen LogP contribution in [0.5, 0.6) is 0 Å². The van der Waals surface area contributed by atoms with Crippen LogP contribution in [0.25, 0.3) is 23.1 Å². The molecule has 0 bridgehead atoms. The van der Waals surface area contributed by atoms with Crippen molar-refractivity contribution >= 4 is 67.9 Å². The third-order valence-electron chi connectivity index (χ3n) is 7.46. The van der Waals surface area contributed by atoms with Gasteiger partial charge in [0.25, 0.3) is 11.2 Å². The maximum Gasteiger partial charge on any atom is 0.289 e. The number of nitrogens with zero attached hydrogens (tertiary/aromatic N) is 3. The predicted octanol–water partition coefficient (Wildman–Crippen LogP) is 7.56. The minimum Gasteiger partial charge on any atom is -0.457 e. The quantitative estimate of drug-likeness (QED) is 0.145. The number of thiazole rings is 1. The Morgan fingerprint density at radius 1 is 1.02 bits per heavy atom. The van der Waals surface area contributed by atoms with E-state index in [0.717, 1.165) is 39.7 Å². The average molecular weight is 679 g/mol. The largest absolute Gasteiger partial charge is 0.457 e. The lowest BCUT2D eigenvalue weighted by Gasteiger charge is -2.30. The Morgan fingerprint density at radius 3 is 2.60 bits per heavy atom. The summed E-state index contributed by atoms with van der Waals surface area (Å²) < 4.78 is 9.22. The molecule has 11 heteroatoms. The molecule has 1 atom stereocenters. The second-order valence-corrected chi connectivity index (χ2v) is 12.6. The van der Waals surface area contributed by atoms with Crippen molar-refractivity contribution in [1.29, 1.82) is 0 Å². The number of allylic oxidation sites excluding steroid dienone is 1. The van der Waals surface area contributed by atoms with Crippen LogP contribution in [0, 0.1) is 10.1 Å². The highest BCUT2D eigenvalue weighted by Gasteiger charge is 2.32. The van der Waals surface area contributed by atoms with Gasteiger partial charge in [-0.05, 0) is 59.9 Å². The molecule has 7 rings (SSSR count). The third kappa shape index (κ3) is 4.57. The lowest BCUT2D eigenvalue weighted by atomic mass is 9.83. The first-order chi connectivity index (χ1) is 20.3. The van der Waals surface area contributed by atoms with Gasteiger partial charge in [-0.3, -0.25) is 19.5 Å². The number of halogens is 3. The molecule has 0 fully saturated rings. The lowest BCUT2D eigenvalue weighted by molar-refractivity contribution is -0.384. The van der Waals surface area contributed by atoms with Gasteiger partial charge in [0, 0.05) is 27.7 Å². The van der Waals surface area contributed by atoms with Gasteiger partial charge in [0.1, 0.15) is 16.5 Å². The highest BCUT2D eigenvalue weighted by molar-refractivity contribution is 9.10. The van der Waals surface area contributed by atoms with Gasteiger partial charge in [-0.25, -0.2) is 4.99 Å². The summed E-state index contributed by atoms with van der Waals surface area (Å²) in [6.07, 6.45) is 3.37. The summed E-state index contributed by atoms with van der Waals surface area (Å²) in [6, 6.07) is 22.1. The van der Waals surface area contributed by atoms with Crippen molar-refractivity contribution in [2.45, 2.75) is 18.9 Å². The molecule has 0 amide bonds. The molecule has 1 aliphatic heterocycles. The van der Waals surface area contributed by atoms with Crippen LogP contribution in [0.4, 0.5) is 5.69 Å². The number of aryl methyl sites for hydroxylation is 1. The van der Waals surface area contributed by atoms with E-state index in [1.165, 1.54) is 29.0 Å². The van der Waals surface area contributed by atoms with Crippen LogP contribution in [0.1, 0.15) is 34.9 Å². The van der Waals surface area contributed by atoms with Crippen LogP contribution in [-0.4, -0.2) is 9.49 Å². The van der Waals surface area contributed by atoms with E-state index >= 15 is 0 Å². The monoisotopic (exact) mass is 677 g/mol. The van der Waals surface area contributed by atoms with E-state index in [9.17, 15) is 14.9 Å². The SMILES string of the molecule is O=c1/c(=C/c2ccc(-c3cc(Cl)c([N+](=O)[O-])cc3Cl)o2)sc2n1[C@H](c1ccc(Br)cc1)C1=C(N=2)c2ccccc2CC1. The van der Waals surface area contributed by atoms with Gasteiger partial charge in [0.15, 0.2) is 4.80 Å². The van der Waals surface area contributed by atoms with Crippen LogP contribution in [-0.2, 0) is 6.42 Å². The molecule has 0 saturated heterocycles. The first-order valence-electron chi connectivity index (χ1n) is 12.9. The smallest absolute Gasteiger partial charge is 0.289 e. The number of fused-ring (bicyclic) bond motifs is 3. The van der Waals surface area contributed by atoms with Gasteiger partial charge in [-0.15, -0.1) is 0 Å². The second kappa shape index (κ2) is 10.5. The molecule has 1 aliphatic carbocycles. The molecular weight excluding hydrogens is 661 g/mol. The van der Waals surface area contributed by atoms with E-state index in [4.69, 9.17) is 32.6 Å². The number of hydrogen-bond acceptors (Lipinski definition) is 6. The average Bonchev–Trinajstić information content (AvgIpc) is 3.57. The van der Waals surface area contributed by atoms with Crippen LogP contribution < -0.4 is 14.9 Å². The maximum atomic E-state index is 14.0. The van der Waals surface area contributed by atoms with Crippen LogP contribution in [0.3, 0.4) is 0 Å². The molecule has 5 aromatic rings. The molecular formula is C31H18BrCl2N3O4S. The van der Waals surface area contributed by atoms with Gasteiger partial charge in [0.05, 0.1) is 26.2 Å². The lowest BCUT2D eigenvalue weighted by Crippen LogP contribution is -2.38. The molecule has 0 N–H and O–H groups in total. The summed E-state index contributed by atoms with van der Waals surface area (Å²) >= 11 is 17.3. The van der Waals surface area contributed by atoms with Gasteiger partial charge in [0.2, 0.25) is 0 Å². The Balaban J connectivity index is 1.36. The van der Waals surface area contributed by atoms with Crippen molar-refractivity contribution in [3.05, 3.63) is 145 Å². The minimum atomic E-state index is -0.594.